The molecule has 0 aromatic heterocycles. The molecule has 3 aliphatic rings. The Morgan fingerprint density at radius 1 is 1.23 bits per heavy atom. The molecule has 4 rings (SSSR count). The van der Waals surface area contributed by atoms with E-state index in [0.717, 1.165) is 12.8 Å². The summed E-state index contributed by atoms with van der Waals surface area (Å²) in [6, 6.07) is 7.58. The van der Waals surface area contributed by atoms with Crippen LogP contribution in [0.1, 0.15) is 70.5 Å². The molecule has 1 aromatic carbocycles. The van der Waals surface area contributed by atoms with Crippen molar-refractivity contribution in [2.24, 2.45) is 11.8 Å². The Morgan fingerprint density at radius 2 is 1.98 bits per heavy atom. The van der Waals surface area contributed by atoms with Crippen LogP contribution in [0, 0.1) is 11.8 Å². The minimum Gasteiger partial charge on any atom is -0.455 e. The number of rotatable bonds is 17. The number of likely N-dealkylation sites (tertiary alicyclic amines) is 1. The van der Waals surface area contributed by atoms with Crippen molar-refractivity contribution in [3.05, 3.63) is 61.2 Å². The lowest BCUT2D eigenvalue weighted by Gasteiger charge is -2.39. The first kappa shape index (κ1) is 33.4. The molecular weight excluding hydrogens is 562 g/mol. The zero-order valence-corrected chi connectivity index (χ0v) is 26.0. The molecule has 7 atom stereocenters. The fourth-order valence-electron chi connectivity index (χ4n) is 7.06. The molecule has 1 aromatic rings. The number of amides is 3. The number of hydrogen-bond donors (Lipinski definition) is 2. The van der Waals surface area contributed by atoms with Crippen molar-refractivity contribution in [2.45, 2.75) is 88.7 Å². The van der Waals surface area contributed by atoms with Crippen molar-refractivity contribution in [1.29, 1.82) is 0 Å². The first-order valence-electron chi connectivity index (χ1n) is 15.9. The molecule has 3 aliphatic heterocycles. The molecule has 240 valence electrons. The molecule has 44 heavy (non-hydrogen) atoms. The van der Waals surface area contributed by atoms with Gasteiger partial charge < -0.3 is 29.7 Å². The van der Waals surface area contributed by atoms with E-state index in [2.05, 4.69) is 18.5 Å². The van der Waals surface area contributed by atoms with Crippen LogP contribution in [0.15, 0.2) is 55.6 Å². The van der Waals surface area contributed by atoms with E-state index < -0.39 is 47.7 Å². The van der Waals surface area contributed by atoms with E-state index in [1.54, 1.807) is 17.1 Å². The van der Waals surface area contributed by atoms with Gasteiger partial charge in [-0.15, -0.1) is 13.2 Å². The maximum absolute atomic E-state index is 14.3. The van der Waals surface area contributed by atoms with Gasteiger partial charge in [0, 0.05) is 19.5 Å². The summed E-state index contributed by atoms with van der Waals surface area (Å²) in [4.78, 5) is 58.2. The highest BCUT2D eigenvalue weighted by Crippen LogP contribution is 2.59. The number of allylic oxidation sites excluding steroid dienone is 1. The van der Waals surface area contributed by atoms with Crippen LogP contribution < -0.4 is 5.32 Å². The predicted molar refractivity (Wildman–Crippen MR) is 165 cm³/mol. The molecular formula is C34H47N3O7. The molecule has 0 unspecified atom stereocenters. The van der Waals surface area contributed by atoms with Gasteiger partial charge in [-0.3, -0.25) is 19.2 Å². The quantitative estimate of drug-likeness (QED) is 0.205. The number of esters is 1. The summed E-state index contributed by atoms with van der Waals surface area (Å²) >= 11 is 0. The summed E-state index contributed by atoms with van der Waals surface area (Å²) in [5.74, 6) is -3.23. The molecule has 3 heterocycles. The van der Waals surface area contributed by atoms with Crippen molar-refractivity contribution in [2.75, 3.05) is 26.2 Å². The maximum Gasteiger partial charge on any atom is 0.313 e. The summed E-state index contributed by atoms with van der Waals surface area (Å²) in [6.45, 7) is 12.0. The topological polar surface area (TPSA) is 125 Å². The smallest absolute Gasteiger partial charge is 0.313 e. The number of nitrogens with zero attached hydrogens (tertiary/aromatic N) is 2. The van der Waals surface area contributed by atoms with Gasteiger partial charge in [-0.1, -0.05) is 62.8 Å². The summed E-state index contributed by atoms with van der Waals surface area (Å²) in [7, 11) is 0. The summed E-state index contributed by atoms with van der Waals surface area (Å²) in [5.41, 5.74) is -0.490. The number of carbonyl (C=O) groups is 4. The Bertz CT molecular complexity index is 1200. The molecule has 0 radical (unpaired) electrons. The summed E-state index contributed by atoms with van der Waals surface area (Å²) < 4.78 is 12.6. The van der Waals surface area contributed by atoms with E-state index in [0.29, 0.717) is 44.3 Å². The molecule has 0 aliphatic carbocycles. The highest BCUT2D eigenvalue weighted by Gasteiger charge is 2.75. The van der Waals surface area contributed by atoms with Crippen LogP contribution in [-0.2, 0) is 28.7 Å². The van der Waals surface area contributed by atoms with Gasteiger partial charge in [0.05, 0.1) is 37.1 Å². The van der Waals surface area contributed by atoms with Crippen molar-refractivity contribution in [3.63, 3.8) is 0 Å². The van der Waals surface area contributed by atoms with Crippen LogP contribution >= 0.6 is 0 Å². The Morgan fingerprint density at radius 3 is 2.61 bits per heavy atom. The van der Waals surface area contributed by atoms with E-state index >= 15 is 0 Å². The first-order chi connectivity index (χ1) is 21.3. The van der Waals surface area contributed by atoms with Crippen LogP contribution in [0.5, 0.6) is 0 Å². The third-order valence-corrected chi connectivity index (χ3v) is 9.25. The number of fused-ring (bicyclic) bond motifs is 1. The Hall–Kier alpha value is -3.50. The van der Waals surface area contributed by atoms with E-state index in [1.807, 2.05) is 44.2 Å². The first-order valence-corrected chi connectivity index (χ1v) is 15.9. The number of aliphatic hydroxyl groups is 1. The Balaban J connectivity index is 1.65. The van der Waals surface area contributed by atoms with Crippen molar-refractivity contribution < 1.29 is 33.8 Å². The van der Waals surface area contributed by atoms with E-state index in [-0.39, 0.29) is 37.3 Å². The Labute approximate surface area is 260 Å². The van der Waals surface area contributed by atoms with Crippen molar-refractivity contribution >= 4 is 23.7 Å². The highest BCUT2D eigenvalue weighted by molar-refractivity contribution is 5.98. The van der Waals surface area contributed by atoms with Crippen LogP contribution in [0.2, 0.25) is 0 Å². The third kappa shape index (κ3) is 6.47. The molecule has 3 amide bonds. The number of hydrogen-bond acceptors (Lipinski definition) is 7. The van der Waals surface area contributed by atoms with Gasteiger partial charge in [-0.05, 0) is 37.7 Å². The number of benzene rings is 1. The lowest BCUT2D eigenvalue weighted by atomic mass is 9.70. The molecule has 1 spiro atoms. The molecule has 10 nitrogen and oxygen atoms in total. The third-order valence-electron chi connectivity index (χ3n) is 9.25. The van der Waals surface area contributed by atoms with E-state index in [4.69, 9.17) is 9.47 Å². The van der Waals surface area contributed by atoms with Crippen molar-refractivity contribution in [1.82, 2.24) is 15.1 Å². The molecule has 0 saturated carbocycles. The van der Waals surface area contributed by atoms with Gasteiger partial charge in [0.15, 0.2) is 0 Å². The SMILES string of the molecule is C=CCCC(=O)NC[C@H](OC(=O)[C@@H]1[C@@H]2CC[C@]3(O2)[C@H](C(=O)N(CC=C)CCCC)N([C@@H](CC)CO)C(=O)[C@@H]13)c1ccccc1. The minimum atomic E-state index is -1.20. The molecule has 3 fully saturated rings. The monoisotopic (exact) mass is 609 g/mol. The van der Waals surface area contributed by atoms with Gasteiger partial charge >= 0.3 is 5.97 Å². The van der Waals surface area contributed by atoms with Crippen molar-refractivity contribution in [3.8, 4) is 0 Å². The standard InChI is InChI=1S/C34H47N3O7/c1-5-9-16-27(39)35-21-26(23-14-12-11-13-15-23)43-33(42)28-25-17-18-34(44-25)29(28)31(40)37(24(8-4)22-38)30(34)32(41)36(19-7-3)20-10-6-2/h5,7,11-15,24-26,28-30,38H,1,3,6,8-10,16-22H2,2,4H3,(H,35,39)/t24-,25-,26-,28+,29+,30-,34+/m0/s1. The van der Waals surface area contributed by atoms with Gasteiger partial charge in [0.2, 0.25) is 17.7 Å². The van der Waals surface area contributed by atoms with Gasteiger partial charge in [-0.2, -0.15) is 0 Å². The van der Waals surface area contributed by atoms with Gasteiger partial charge in [0.25, 0.3) is 0 Å². The number of ether oxygens (including phenoxy) is 2. The maximum atomic E-state index is 14.3. The second-order valence-corrected chi connectivity index (χ2v) is 11.9. The largest absolute Gasteiger partial charge is 0.455 e. The molecule has 2 bridgehead atoms. The normalized spacial score (nSPS) is 26.5. The van der Waals surface area contributed by atoms with E-state index in [9.17, 15) is 24.3 Å². The number of carbonyl (C=O) groups excluding carboxylic acids is 4. The fraction of sp³-hybridized carbons (Fsp3) is 0.588. The zero-order valence-electron chi connectivity index (χ0n) is 26.0. The highest BCUT2D eigenvalue weighted by atomic mass is 16.6. The lowest BCUT2D eigenvalue weighted by Crippen LogP contribution is -2.58. The van der Waals surface area contributed by atoms with Gasteiger partial charge in [0.1, 0.15) is 17.7 Å². The summed E-state index contributed by atoms with van der Waals surface area (Å²) in [5, 5.41) is 13.1. The average Bonchev–Trinajstić information content (AvgIpc) is 3.68. The van der Waals surface area contributed by atoms with Crippen LogP contribution in [0.4, 0.5) is 0 Å². The van der Waals surface area contributed by atoms with Crippen LogP contribution in [-0.4, -0.2) is 88.6 Å². The number of unbranched alkanes of at least 4 members (excludes halogenated alkanes) is 1. The minimum absolute atomic E-state index is 0.0668. The summed E-state index contributed by atoms with van der Waals surface area (Å²) in [6.07, 6.45) is 5.83. The van der Waals surface area contributed by atoms with Crippen LogP contribution in [0.25, 0.3) is 0 Å². The Kier molecular flexibility index (Phi) is 11.4. The number of aliphatic hydroxyl groups excluding tert-OH is 1. The lowest BCUT2D eigenvalue weighted by molar-refractivity contribution is -0.161. The zero-order chi connectivity index (χ0) is 31.9. The van der Waals surface area contributed by atoms with E-state index in [1.165, 1.54) is 4.90 Å². The molecule has 10 heteroatoms. The van der Waals surface area contributed by atoms with Gasteiger partial charge in [-0.25, -0.2) is 0 Å². The predicted octanol–water partition coefficient (Wildman–Crippen LogP) is 3.31. The second kappa shape index (κ2) is 15.0. The average molecular weight is 610 g/mol. The van der Waals surface area contributed by atoms with Crippen LogP contribution in [0.3, 0.4) is 0 Å². The molecule has 3 saturated heterocycles. The fourth-order valence-corrected chi connectivity index (χ4v) is 7.06. The number of nitrogens with one attached hydrogen (secondary N) is 1. The second-order valence-electron chi connectivity index (χ2n) is 11.9. The molecule has 2 N–H and O–H groups in total.